The predicted octanol–water partition coefficient (Wildman–Crippen LogP) is 4.96. The average Bonchev–Trinajstić information content (AvgIpc) is 2.84. The van der Waals surface area contributed by atoms with Crippen molar-refractivity contribution < 1.29 is 33.2 Å². The fourth-order valence-electron chi connectivity index (χ4n) is 3.95. The van der Waals surface area contributed by atoms with E-state index in [1.807, 2.05) is 36.4 Å². The number of hydrogen-bond donors (Lipinski definition) is 0. The lowest BCUT2D eigenvalue weighted by molar-refractivity contribution is -0.112. The largest absolute Gasteiger partial charge is 0.493 e. The van der Waals surface area contributed by atoms with Crippen LogP contribution in [-0.2, 0) is 4.79 Å². The smallest absolute Gasteiger partial charge is 0.203 e. The van der Waals surface area contributed by atoms with Crippen LogP contribution < -0.4 is 28.4 Å². The Bertz CT molecular complexity index is 949. The van der Waals surface area contributed by atoms with Crippen LogP contribution in [0.25, 0.3) is 12.2 Å². The number of ketones is 1. The highest BCUT2D eigenvalue weighted by Gasteiger charge is 2.22. The third-order valence-corrected chi connectivity index (χ3v) is 5.53. The van der Waals surface area contributed by atoms with Gasteiger partial charge in [-0.25, -0.2) is 0 Å². The summed E-state index contributed by atoms with van der Waals surface area (Å²) < 4.78 is 32.5. The molecule has 0 spiro atoms. The lowest BCUT2D eigenvalue weighted by atomic mass is 9.86. The Kier molecular flexibility index (Phi) is 7.87. The topological polar surface area (TPSA) is 72.5 Å². The molecule has 3 rings (SSSR count). The molecular weight excluding hydrogens is 424 g/mol. The molecule has 2 aromatic carbocycles. The molecule has 7 heteroatoms. The molecule has 33 heavy (non-hydrogen) atoms. The van der Waals surface area contributed by atoms with Gasteiger partial charge in [0, 0.05) is 11.1 Å². The minimum Gasteiger partial charge on any atom is -0.493 e. The Morgan fingerprint density at radius 2 is 0.909 bits per heavy atom. The number of allylic oxidation sites excluding steroid dienone is 2. The van der Waals surface area contributed by atoms with Gasteiger partial charge in [-0.05, 0) is 66.8 Å². The van der Waals surface area contributed by atoms with E-state index < -0.39 is 0 Å². The standard InChI is InChI=1S/C26H30O7/c1-28-20-12-16(13-21(29-2)25(20)32-5)10-18-8-7-9-19(24(18)27)11-17-14-22(30-3)26(33-6)23(15-17)31-4/h10-15H,7-9H2,1-6H3/b18-10-,19-11-. The van der Waals surface area contributed by atoms with Crippen LogP contribution in [0.15, 0.2) is 35.4 Å². The molecule has 2 aromatic rings. The fourth-order valence-corrected chi connectivity index (χ4v) is 3.95. The normalized spacial score (nSPS) is 16.0. The molecule has 1 aliphatic carbocycles. The molecule has 1 fully saturated rings. The third-order valence-electron chi connectivity index (χ3n) is 5.53. The molecule has 0 aliphatic heterocycles. The second-order valence-electron chi connectivity index (χ2n) is 7.44. The van der Waals surface area contributed by atoms with E-state index in [0.29, 0.717) is 47.3 Å². The highest BCUT2D eigenvalue weighted by Crippen LogP contribution is 2.41. The Hall–Kier alpha value is -3.61. The van der Waals surface area contributed by atoms with E-state index in [9.17, 15) is 4.79 Å². The van der Waals surface area contributed by atoms with Crippen molar-refractivity contribution in [3.05, 3.63) is 46.5 Å². The summed E-state index contributed by atoms with van der Waals surface area (Å²) in [6.07, 6.45) is 6.03. The van der Waals surface area contributed by atoms with Crippen LogP contribution in [0.3, 0.4) is 0 Å². The van der Waals surface area contributed by atoms with E-state index in [1.165, 1.54) is 0 Å². The molecule has 0 N–H and O–H groups in total. The van der Waals surface area contributed by atoms with Crippen LogP contribution in [0.2, 0.25) is 0 Å². The summed E-state index contributed by atoms with van der Waals surface area (Å²) in [6, 6.07) is 7.33. The van der Waals surface area contributed by atoms with Crippen molar-refractivity contribution in [1.82, 2.24) is 0 Å². The molecular formula is C26H30O7. The summed E-state index contributed by atoms with van der Waals surface area (Å²) >= 11 is 0. The van der Waals surface area contributed by atoms with E-state index in [4.69, 9.17) is 28.4 Å². The lowest BCUT2D eigenvalue weighted by Gasteiger charge is -2.18. The number of carbonyl (C=O) groups excluding carboxylic acids is 1. The van der Waals surface area contributed by atoms with Crippen molar-refractivity contribution in [1.29, 1.82) is 0 Å². The number of rotatable bonds is 8. The van der Waals surface area contributed by atoms with Gasteiger partial charge in [0.25, 0.3) is 0 Å². The minimum atomic E-state index is 0.0174. The SMILES string of the molecule is COc1cc(/C=C2/CCC/C(=C/c3cc(OC)c(OC)c(OC)c3)C2=O)cc(OC)c1OC. The molecule has 0 saturated heterocycles. The van der Waals surface area contributed by atoms with Crippen LogP contribution in [0, 0.1) is 0 Å². The molecule has 7 nitrogen and oxygen atoms in total. The van der Waals surface area contributed by atoms with E-state index in [2.05, 4.69) is 0 Å². The Balaban J connectivity index is 1.98. The molecule has 0 atom stereocenters. The highest BCUT2D eigenvalue weighted by atomic mass is 16.5. The number of Topliss-reactive ketones (excluding diaryl/α,β-unsaturated/α-hetero) is 1. The van der Waals surface area contributed by atoms with E-state index >= 15 is 0 Å². The summed E-state index contributed by atoms with van der Waals surface area (Å²) in [5.74, 6) is 3.21. The molecule has 0 unspecified atom stereocenters. The molecule has 0 heterocycles. The van der Waals surface area contributed by atoms with Crippen molar-refractivity contribution in [2.75, 3.05) is 42.7 Å². The maximum Gasteiger partial charge on any atom is 0.203 e. The van der Waals surface area contributed by atoms with E-state index in [1.54, 1.807) is 42.7 Å². The Morgan fingerprint density at radius 1 is 0.576 bits per heavy atom. The number of methoxy groups -OCH3 is 6. The number of ether oxygens (including phenoxy) is 6. The van der Waals surface area contributed by atoms with Crippen LogP contribution >= 0.6 is 0 Å². The van der Waals surface area contributed by atoms with Crippen molar-refractivity contribution in [2.45, 2.75) is 19.3 Å². The fraction of sp³-hybridized carbons (Fsp3) is 0.346. The van der Waals surface area contributed by atoms with Gasteiger partial charge in [-0.3, -0.25) is 4.79 Å². The zero-order valence-electron chi connectivity index (χ0n) is 19.9. The maximum absolute atomic E-state index is 13.3. The van der Waals surface area contributed by atoms with Crippen LogP contribution in [0.5, 0.6) is 34.5 Å². The molecule has 176 valence electrons. The monoisotopic (exact) mass is 454 g/mol. The quantitative estimate of drug-likeness (QED) is 0.522. The molecule has 0 aromatic heterocycles. The van der Waals surface area contributed by atoms with Crippen molar-refractivity contribution in [3.63, 3.8) is 0 Å². The summed E-state index contributed by atoms with van der Waals surface area (Å²) in [6.45, 7) is 0. The first-order valence-corrected chi connectivity index (χ1v) is 10.5. The van der Waals surface area contributed by atoms with Gasteiger partial charge in [0.1, 0.15) is 0 Å². The van der Waals surface area contributed by atoms with Crippen molar-refractivity contribution in [2.24, 2.45) is 0 Å². The van der Waals surface area contributed by atoms with Gasteiger partial charge in [0.2, 0.25) is 11.5 Å². The number of benzene rings is 2. The minimum absolute atomic E-state index is 0.0174. The molecule has 0 bridgehead atoms. The van der Waals surface area contributed by atoms with Crippen LogP contribution in [0.4, 0.5) is 0 Å². The van der Waals surface area contributed by atoms with Crippen molar-refractivity contribution in [3.8, 4) is 34.5 Å². The van der Waals surface area contributed by atoms with Gasteiger partial charge in [-0.2, -0.15) is 0 Å². The van der Waals surface area contributed by atoms with E-state index in [-0.39, 0.29) is 5.78 Å². The van der Waals surface area contributed by atoms with Gasteiger partial charge < -0.3 is 28.4 Å². The lowest BCUT2D eigenvalue weighted by Crippen LogP contribution is -2.12. The molecule has 0 radical (unpaired) electrons. The van der Waals surface area contributed by atoms with Gasteiger partial charge in [-0.1, -0.05) is 0 Å². The second-order valence-corrected chi connectivity index (χ2v) is 7.44. The highest BCUT2D eigenvalue weighted by molar-refractivity contribution is 6.14. The first-order chi connectivity index (χ1) is 16.0. The summed E-state index contributed by atoms with van der Waals surface area (Å²) in [7, 11) is 9.39. The zero-order valence-corrected chi connectivity index (χ0v) is 19.9. The van der Waals surface area contributed by atoms with Gasteiger partial charge in [-0.15, -0.1) is 0 Å². The predicted molar refractivity (Wildman–Crippen MR) is 127 cm³/mol. The van der Waals surface area contributed by atoms with Gasteiger partial charge in [0.05, 0.1) is 42.7 Å². The first kappa shape index (κ1) is 24.0. The first-order valence-electron chi connectivity index (χ1n) is 10.5. The van der Waals surface area contributed by atoms with Gasteiger partial charge >= 0.3 is 0 Å². The summed E-state index contributed by atoms with van der Waals surface area (Å²) in [5, 5.41) is 0. The third kappa shape index (κ3) is 5.08. The summed E-state index contributed by atoms with van der Waals surface area (Å²) in [5.41, 5.74) is 3.08. The van der Waals surface area contributed by atoms with Crippen molar-refractivity contribution >= 4 is 17.9 Å². The van der Waals surface area contributed by atoms with Crippen LogP contribution in [0.1, 0.15) is 30.4 Å². The van der Waals surface area contributed by atoms with E-state index in [0.717, 1.165) is 28.7 Å². The molecule has 1 saturated carbocycles. The number of carbonyl (C=O) groups is 1. The molecule has 0 amide bonds. The Morgan fingerprint density at radius 3 is 1.18 bits per heavy atom. The maximum atomic E-state index is 13.3. The Labute approximate surface area is 194 Å². The zero-order chi connectivity index (χ0) is 24.0. The van der Waals surface area contributed by atoms with Crippen LogP contribution in [-0.4, -0.2) is 48.4 Å². The summed E-state index contributed by atoms with van der Waals surface area (Å²) in [4.78, 5) is 13.3. The van der Waals surface area contributed by atoms with Gasteiger partial charge in [0.15, 0.2) is 28.8 Å². The average molecular weight is 455 g/mol. The molecule has 1 aliphatic rings. The number of hydrogen-bond acceptors (Lipinski definition) is 7. The second kappa shape index (κ2) is 10.8.